The highest BCUT2D eigenvalue weighted by atomic mass is 32.2. The fourth-order valence-electron chi connectivity index (χ4n) is 3.45. The molecule has 0 aliphatic carbocycles. The molecule has 0 aliphatic rings. The van der Waals surface area contributed by atoms with Crippen LogP contribution in [0.25, 0.3) is 17.1 Å². The number of rotatable bonds is 8. The number of carbonyl (C=O) groups excluding carboxylic acids is 1. The highest BCUT2D eigenvalue weighted by Gasteiger charge is 2.20. The van der Waals surface area contributed by atoms with Crippen molar-refractivity contribution in [2.75, 3.05) is 17.2 Å². The number of benzene rings is 3. The zero-order chi connectivity index (χ0) is 23.9. The Bertz CT molecular complexity index is 1300. The Labute approximate surface area is 201 Å². The summed E-state index contributed by atoms with van der Waals surface area (Å²) < 4.78 is 15.3. The number of nitrogens with zero attached hydrogens (tertiary/aromatic N) is 5. The molecule has 170 valence electrons. The van der Waals surface area contributed by atoms with Crippen LogP contribution in [0.5, 0.6) is 0 Å². The number of amides is 1. The van der Waals surface area contributed by atoms with Crippen LogP contribution in [0.15, 0.2) is 84.0 Å². The average molecular weight is 472 g/mol. The first-order valence-electron chi connectivity index (χ1n) is 10.7. The zero-order valence-corrected chi connectivity index (χ0v) is 19.4. The van der Waals surface area contributed by atoms with Crippen LogP contribution in [0.3, 0.4) is 0 Å². The number of aryl methyl sites for hydroxylation is 1. The van der Waals surface area contributed by atoms with E-state index in [4.69, 9.17) is 5.26 Å². The van der Waals surface area contributed by atoms with Crippen LogP contribution >= 0.6 is 11.8 Å². The van der Waals surface area contributed by atoms with Crippen LogP contribution in [0.1, 0.15) is 12.0 Å². The van der Waals surface area contributed by atoms with Crippen molar-refractivity contribution in [2.24, 2.45) is 0 Å². The topological polar surface area (TPSA) is 74.8 Å². The van der Waals surface area contributed by atoms with Gasteiger partial charge in [0.1, 0.15) is 5.82 Å². The summed E-state index contributed by atoms with van der Waals surface area (Å²) in [4.78, 5) is 14.8. The highest BCUT2D eigenvalue weighted by molar-refractivity contribution is 7.99. The van der Waals surface area contributed by atoms with Gasteiger partial charge in [-0.05, 0) is 55.5 Å². The molecule has 0 spiro atoms. The van der Waals surface area contributed by atoms with Crippen molar-refractivity contribution in [2.45, 2.75) is 18.5 Å². The summed E-state index contributed by atoms with van der Waals surface area (Å²) >= 11 is 1.27. The molecule has 0 atom stereocenters. The third-order valence-corrected chi connectivity index (χ3v) is 6.08. The van der Waals surface area contributed by atoms with E-state index in [1.54, 1.807) is 17.0 Å². The van der Waals surface area contributed by atoms with Gasteiger partial charge in [-0.1, -0.05) is 47.7 Å². The third-order valence-electron chi connectivity index (χ3n) is 5.17. The lowest BCUT2D eigenvalue weighted by Gasteiger charge is -2.22. The van der Waals surface area contributed by atoms with Crippen molar-refractivity contribution in [3.63, 3.8) is 0 Å². The van der Waals surface area contributed by atoms with E-state index in [1.165, 1.54) is 23.9 Å². The molecule has 4 rings (SSSR count). The standard InChI is InChI=1S/C26H22FN5OS/c1-19-8-14-22(15-9-19)31(17-5-16-28)24(33)18-34-26-30-29-25(20-10-12-21(27)13-11-20)32(26)23-6-3-2-4-7-23/h2-4,6-15H,5,17-18H2,1H3. The SMILES string of the molecule is Cc1ccc(N(CCC#N)C(=O)CSc2nnc(-c3ccc(F)cc3)n2-c2ccccc2)cc1. The number of hydrogen-bond acceptors (Lipinski definition) is 5. The van der Waals surface area contributed by atoms with Crippen molar-refractivity contribution in [1.29, 1.82) is 5.26 Å². The molecule has 4 aromatic rings. The van der Waals surface area contributed by atoms with E-state index in [-0.39, 0.29) is 23.9 Å². The van der Waals surface area contributed by atoms with Gasteiger partial charge in [-0.2, -0.15) is 5.26 Å². The van der Waals surface area contributed by atoms with E-state index in [0.29, 0.717) is 23.1 Å². The summed E-state index contributed by atoms with van der Waals surface area (Å²) in [6.07, 6.45) is 0.235. The van der Waals surface area contributed by atoms with E-state index in [9.17, 15) is 9.18 Å². The van der Waals surface area contributed by atoms with Gasteiger partial charge in [0.2, 0.25) is 5.91 Å². The predicted molar refractivity (Wildman–Crippen MR) is 131 cm³/mol. The predicted octanol–water partition coefficient (Wildman–Crippen LogP) is 5.42. The van der Waals surface area contributed by atoms with Crippen LogP contribution in [-0.2, 0) is 4.79 Å². The van der Waals surface area contributed by atoms with Crippen LogP contribution < -0.4 is 4.90 Å². The van der Waals surface area contributed by atoms with Crippen molar-refractivity contribution in [3.05, 3.63) is 90.2 Å². The Morgan fingerprint density at radius 1 is 1.03 bits per heavy atom. The number of anilines is 1. The Morgan fingerprint density at radius 2 is 1.74 bits per heavy atom. The van der Waals surface area contributed by atoms with Crippen molar-refractivity contribution in [1.82, 2.24) is 14.8 Å². The normalized spacial score (nSPS) is 10.6. The molecular formula is C26H22FN5OS. The molecule has 1 aromatic heterocycles. The molecule has 0 unspecified atom stereocenters. The number of halogens is 1. The van der Waals surface area contributed by atoms with Gasteiger partial charge in [-0.25, -0.2) is 4.39 Å². The first-order chi connectivity index (χ1) is 16.6. The molecule has 0 aliphatic heterocycles. The lowest BCUT2D eigenvalue weighted by Crippen LogP contribution is -2.33. The molecule has 6 nitrogen and oxygen atoms in total. The maximum Gasteiger partial charge on any atom is 0.237 e. The monoisotopic (exact) mass is 471 g/mol. The molecule has 0 saturated heterocycles. The van der Waals surface area contributed by atoms with Gasteiger partial charge < -0.3 is 4.90 Å². The quantitative estimate of drug-likeness (QED) is 0.321. The van der Waals surface area contributed by atoms with Gasteiger partial charge in [0.25, 0.3) is 0 Å². The Kier molecular flexibility index (Phi) is 7.35. The van der Waals surface area contributed by atoms with Crippen LogP contribution in [0.2, 0.25) is 0 Å². The molecule has 1 heterocycles. The molecule has 8 heteroatoms. The first-order valence-corrected chi connectivity index (χ1v) is 11.7. The molecular weight excluding hydrogens is 449 g/mol. The number of nitriles is 1. The highest BCUT2D eigenvalue weighted by Crippen LogP contribution is 2.29. The number of carbonyl (C=O) groups is 1. The second kappa shape index (κ2) is 10.8. The Hall–Kier alpha value is -3.96. The van der Waals surface area contributed by atoms with Gasteiger partial charge in [-0.15, -0.1) is 10.2 Å². The Morgan fingerprint density at radius 3 is 2.41 bits per heavy atom. The molecule has 0 radical (unpaired) electrons. The molecule has 3 aromatic carbocycles. The van der Waals surface area contributed by atoms with E-state index in [0.717, 1.165) is 16.9 Å². The molecule has 0 fully saturated rings. The minimum Gasteiger partial charge on any atom is -0.311 e. The summed E-state index contributed by atoms with van der Waals surface area (Å²) in [5.74, 6) is 0.215. The maximum absolute atomic E-state index is 13.5. The minimum atomic E-state index is -0.330. The summed E-state index contributed by atoms with van der Waals surface area (Å²) in [6, 6.07) is 25.4. The summed E-state index contributed by atoms with van der Waals surface area (Å²) in [6.45, 7) is 2.29. The summed E-state index contributed by atoms with van der Waals surface area (Å²) in [5, 5.41) is 18.3. The second-order valence-electron chi connectivity index (χ2n) is 7.56. The van der Waals surface area contributed by atoms with Crippen LogP contribution in [0.4, 0.5) is 10.1 Å². The van der Waals surface area contributed by atoms with Gasteiger partial charge in [-0.3, -0.25) is 9.36 Å². The van der Waals surface area contributed by atoms with Crippen LogP contribution in [-0.4, -0.2) is 33.0 Å². The molecule has 1 amide bonds. The third kappa shape index (κ3) is 5.33. The lowest BCUT2D eigenvalue weighted by molar-refractivity contribution is -0.116. The second-order valence-corrected chi connectivity index (χ2v) is 8.50. The number of hydrogen-bond donors (Lipinski definition) is 0. The van der Waals surface area contributed by atoms with E-state index < -0.39 is 0 Å². The zero-order valence-electron chi connectivity index (χ0n) is 18.6. The Balaban J connectivity index is 1.61. The van der Waals surface area contributed by atoms with E-state index in [2.05, 4.69) is 16.3 Å². The summed E-state index contributed by atoms with van der Waals surface area (Å²) in [5.41, 5.74) is 3.39. The van der Waals surface area contributed by atoms with Gasteiger partial charge in [0, 0.05) is 23.5 Å². The van der Waals surface area contributed by atoms with Crippen molar-refractivity contribution in [3.8, 4) is 23.1 Å². The average Bonchev–Trinajstić information content (AvgIpc) is 3.29. The van der Waals surface area contributed by atoms with E-state index in [1.807, 2.05) is 66.1 Å². The number of aromatic nitrogens is 3. The largest absolute Gasteiger partial charge is 0.311 e. The minimum absolute atomic E-state index is 0.119. The van der Waals surface area contributed by atoms with Gasteiger partial charge in [0.15, 0.2) is 11.0 Å². The van der Waals surface area contributed by atoms with Gasteiger partial charge in [0.05, 0.1) is 18.2 Å². The first kappa shape index (κ1) is 23.2. The fourth-order valence-corrected chi connectivity index (χ4v) is 4.28. The smallest absolute Gasteiger partial charge is 0.237 e. The molecule has 0 bridgehead atoms. The summed E-state index contributed by atoms with van der Waals surface area (Å²) in [7, 11) is 0. The van der Waals surface area contributed by atoms with Gasteiger partial charge >= 0.3 is 0 Å². The molecule has 34 heavy (non-hydrogen) atoms. The van der Waals surface area contributed by atoms with Crippen LogP contribution in [0, 0.1) is 24.1 Å². The van der Waals surface area contributed by atoms with E-state index >= 15 is 0 Å². The van der Waals surface area contributed by atoms with Crippen molar-refractivity contribution < 1.29 is 9.18 Å². The maximum atomic E-state index is 13.5. The lowest BCUT2D eigenvalue weighted by atomic mass is 10.2. The number of thioether (sulfide) groups is 1. The molecule has 0 N–H and O–H groups in total. The number of para-hydroxylation sites is 1. The fraction of sp³-hybridized carbons (Fsp3) is 0.154. The molecule has 0 saturated carbocycles. The van der Waals surface area contributed by atoms with Crippen molar-refractivity contribution >= 4 is 23.4 Å².